The summed E-state index contributed by atoms with van der Waals surface area (Å²) in [5, 5.41) is 22.2. The van der Waals surface area contributed by atoms with Crippen LogP contribution in [0.4, 0.5) is 5.82 Å². The lowest BCUT2D eigenvalue weighted by molar-refractivity contribution is 0.0758. The quantitative estimate of drug-likeness (QED) is 0.696. The highest BCUT2D eigenvalue weighted by Crippen LogP contribution is 2.24. The van der Waals surface area contributed by atoms with Crippen molar-refractivity contribution in [2.45, 2.75) is 13.0 Å². The molecule has 0 amide bonds. The summed E-state index contributed by atoms with van der Waals surface area (Å²) >= 11 is 0. The molecule has 1 unspecified atom stereocenters. The second-order valence-electron chi connectivity index (χ2n) is 3.95. The zero-order chi connectivity index (χ0) is 12.4. The highest BCUT2D eigenvalue weighted by molar-refractivity contribution is 5.57. The third-order valence-corrected chi connectivity index (χ3v) is 2.81. The van der Waals surface area contributed by atoms with Gasteiger partial charge in [0.2, 0.25) is 0 Å². The van der Waals surface area contributed by atoms with Crippen molar-refractivity contribution >= 4 is 5.82 Å². The molecule has 1 aliphatic heterocycles. The van der Waals surface area contributed by atoms with Crippen molar-refractivity contribution < 1.29 is 4.74 Å². The SMILES string of the molecule is Cc1nn(C)c(N2CCOC(C#N)C2)c1C#N. The van der Waals surface area contributed by atoms with E-state index in [2.05, 4.69) is 17.2 Å². The Morgan fingerprint density at radius 3 is 2.88 bits per heavy atom. The maximum Gasteiger partial charge on any atom is 0.161 e. The maximum absolute atomic E-state index is 9.14. The van der Waals surface area contributed by atoms with Crippen LogP contribution >= 0.6 is 0 Å². The molecule has 0 N–H and O–H groups in total. The van der Waals surface area contributed by atoms with Crippen molar-refractivity contribution in [1.29, 1.82) is 10.5 Å². The first-order valence-corrected chi connectivity index (χ1v) is 5.37. The number of nitrogens with zero attached hydrogens (tertiary/aromatic N) is 5. The Morgan fingerprint density at radius 1 is 1.47 bits per heavy atom. The average molecular weight is 231 g/mol. The molecule has 2 heterocycles. The second kappa shape index (κ2) is 4.44. The third kappa shape index (κ3) is 1.95. The Labute approximate surface area is 99.6 Å². The summed E-state index contributed by atoms with van der Waals surface area (Å²) in [5.74, 6) is 0.772. The van der Waals surface area contributed by atoms with E-state index in [4.69, 9.17) is 15.3 Å². The fraction of sp³-hybridized carbons (Fsp3) is 0.545. The van der Waals surface area contributed by atoms with Gasteiger partial charge in [-0.15, -0.1) is 0 Å². The van der Waals surface area contributed by atoms with Crippen molar-refractivity contribution in [2.75, 3.05) is 24.6 Å². The molecule has 1 atom stereocenters. The van der Waals surface area contributed by atoms with Crippen LogP contribution in [0.15, 0.2) is 0 Å². The molecule has 0 aromatic carbocycles. The van der Waals surface area contributed by atoms with E-state index >= 15 is 0 Å². The van der Waals surface area contributed by atoms with Crippen LogP contribution in [0.25, 0.3) is 0 Å². The number of aromatic nitrogens is 2. The van der Waals surface area contributed by atoms with E-state index in [1.165, 1.54) is 0 Å². The van der Waals surface area contributed by atoms with Gasteiger partial charge in [-0.05, 0) is 6.92 Å². The summed E-state index contributed by atoms with van der Waals surface area (Å²) in [6.07, 6.45) is -0.439. The molecule has 1 aliphatic rings. The minimum absolute atomic E-state index is 0.439. The largest absolute Gasteiger partial charge is 0.360 e. The van der Waals surface area contributed by atoms with Gasteiger partial charge in [0.25, 0.3) is 0 Å². The first kappa shape index (κ1) is 11.4. The number of nitriles is 2. The molecule has 0 radical (unpaired) electrons. The normalized spacial score (nSPS) is 19.8. The molecule has 0 aliphatic carbocycles. The molecular formula is C11H13N5O. The lowest BCUT2D eigenvalue weighted by Crippen LogP contribution is -2.43. The van der Waals surface area contributed by atoms with Gasteiger partial charge in [0.15, 0.2) is 6.10 Å². The van der Waals surface area contributed by atoms with Crippen LogP contribution in [-0.4, -0.2) is 35.6 Å². The minimum atomic E-state index is -0.439. The fourth-order valence-electron chi connectivity index (χ4n) is 2.06. The molecule has 6 nitrogen and oxygen atoms in total. The number of morpholine rings is 1. The number of ether oxygens (including phenoxy) is 1. The highest BCUT2D eigenvalue weighted by Gasteiger charge is 2.25. The Kier molecular flexibility index (Phi) is 2.99. The van der Waals surface area contributed by atoms with Gasteiger partial charge in [-0.25, -0.2) is 0 Å². The second-order valence-corrected chi connectivity index (χ2v) is 3.95. The Balaban J connectivity index is 2.34. The maximum atomic E-state index is 9.14. The summed E-state index contributed by atoms with van der Waals surface area (Å²) in [7, 11) is 1.81. The first-order chi connectivity index (χ1) is 8.17. The van der Waals surface area contributed by atoms with Crippen molar-refractivity contribution in [3.05, 3.63) is 11.3 Å². The molecular weight excluding hydrogens is 218 g/mol. The zero-order valence-corrected chi connectivity index (χ0v) is 9.84. The first-order valence-electron chi connectivity index (χ1n) is 5.37. The van der Waals surface area contributed by atoms with Crippen LogP contribution in [0.2, 0.25) is 0 Å². The monoisotopic (exact) mass is 231 g/mol. The Morgan fingerprint density at radius 2 is 2.24 bits per heavy atom. The summed E-state index contributed by atoms with van der Waals surface area (Å²) in [5.41, 5.74) is 1.29. The standard InChI is InChI=1S/C11H13N5O/c1-8-10(6-13)11(15(2)14-8)16-3-4-17-9(5-12)7-16/h9H,3-4,7H2,1-2H3. The molecule has 17 heavy (non-hydrogen) atoms. The van der Waals surface area contributed by atoms with Crippen LogP contribution < -0.4 is 4.90 Å². The molecule has 2 rings (SSSR count). The molecule has 6 heteroatoms. The van der Waals surface area contributed by atoms with Crippen molar-refractivity contribution in [2.24, 2.45) is 7.05 Å². The van der Waals surface area contributed by atoms with Crippen LogP contribution in [0.1, 0.15) is 11.3 Å². The predicted octanol–water partition coefficient (Wildman–Crippen LogP) is 0.329. The van der Waals surface area contributed by atoms with E-state index in [0.717, 1.165) is 5.82 Å². The molecule has 0 spiro atoms. The van der Waals surface area contributed by atoms with E-state index in [1.807, 2.05) is 11.8 Å². The van der Waals surface area contributed by atoms with Gasteiger partial charge in [-0.2, -0.15) is 15.6 Å². The Bertz CT molecular complexity index is 507. The van der Waals surface area contributed by atoms with E-state index in [9.17, 15) is 0 Å². The molecule has 0 saturated carbocycles. The Hall–Kier alpha value is -2.05. The molecule has 1 fully saturated rings. The van der Waals surface area contributed by atoms with E-state index in [-0.39, 0.29) is 0 Å². The van der Waals surface area contributed by atoms with Crippen molar-refractivity contribution in [3.63, 3.8) is 0 Å². The van der Waals surface area contributed by atoms with Crippen molar-refractivity contribution in [1.82, 2.24) is 9.78 Å². The lowest BCUT2D eigenvalue weighted by Gasteiger charge is -2.31. The minimum Gasteiger partial charge on any atom is -0.360 e. The fourth-order valence-corrected chi connectivity index (χ4v) is 2.06. The van der Waals surface area contributed by atoms with Crippen LogP contribution in [0.5, 0.6) is 0 Å². The van der Waals surface area contributed by atoms with E-state index in [0.29, 0.717) is 31.0 Å². The molecule has 1 aromatic rings. The van der Waals surface area contributed by atoms with Gasteiger partial charge < -0.3 is 9.64 Å². The highest BCUT2D eigenvalue weighted by atomic mass is 16.5. The zero-order valence-electron chi connectivity index (χ0n) is 9.84. The number of aryl methyl sites for hydroxylation is 2. The van der Waals surface area contributed by atoms with E-state index < -0.39 is 6.10 Å². The number of anilines is 1. The van der Waals surface area contributed by atoms with Crippen LogP contribution in [0, 0.1) is 29.6 Å². The summed E-state index contributed by atoms with van der Waals surface area (Å²) < 4.78 is 6.97. The third-order valence-electron chi connectivity index (χ3n) is 2.81. The van der Waals surface area contributed by atoms with Crippen LogP contribution in [0.3, 0.4) is 0 Å². The summed E-state index contributed by atoms with van der Waals surface area (Å²) in [6.45, 7) is 3.45. The molecule has 88 valence electrons. The number of hydrogen-bond donors (Lipinski definition) is 0. The van der Waals surface area contributed by atoms with Gasteiger partial charge in [0, 0.05) is 13.6 Å². The van der Waals surface area contributed by atoms with Gasteiger partial charge in [-0.3, -0.25) is 4.68 Å². The van der Waals surface area contributed by atoms with Gasteiger partial charge in [-0.1, -0.05) is 0 Å². The van der Waals surface area contributed by atoms with E-state index in [1.54, 1.807) is 11.7 Å². The lowest BCUT2D eigenvalue weighted by atomic mass is 10.2. The summed E-state index contributed by atoms with van der Waals surface area (Å²) in [4.78, 5) is 1.98. The van der Waals surface area contributed by atoms with Crippen molar-refractivity contribution in [3.8, 4) is 12.1 Å². The predicted molar refractivity (Wildman–Crippen MR) is 60.2 cm³/mol. The topological polar surface area (TPSA) is 77.9 Å². The van der Waals surface area contributed by atoms with Gasteiger partial charge in [0.05, 0.1) is 24.9 Å². The van der Waals surface area contributed by atoms with Gasteiger partial charge in [0.1, 0.15) is 17.5 Å². The van der Waals surface area contributed by atoms with Crippen LogP contribution in [-0.2, 0) is 11.8 Å². The smallest absolute Gasteiger partial charge is 0.161 e. The number of hydrogen-bond acceptors (Lipinski definition) is 5. The van der Waals surface area contributed by atoms with Gasteiger partial charge >= 0.3 is 0 Å². The molecule has 1 aromatic heterocycles. The summed E-state index contributed by atoms with van der Waals surface area (Å²) in [6, 6.07) is 4.26. The molecule has 0 bridgehead atoms. The number of rotatable bonds is 1. The average Bonchev–Trinajstić information content (AvgIpc) is 2.63. The molecule has 1 saturated heterocycles.